The quantitative estimate of drug-likeness (QED) is 0.745. The lowest BCUT2D eigenvalue weighted by atomic mass is 10.0. The van der Waals surface area contributed by atoms with Gasteiger partial charge < -0.3 is 14.5 Å². The lowest BCUT2D eigenvalue weighted by molar-refractivity contribution is -0.117. The monoisotopic (exact) mass is 282 g/mol. The Morgan fingerprint density at radius 2 is 1.90 bits per heavy atom. The number of nitrogens with zero attached hydrogens (tertiary/aromatic N) is 2. The number of amides is 1. The van der Waals surface area contributed by atoms with E-state index in [1.54, 1.807) is 11.0 Å². The van der Waals surface area contributed by atoms with Gasteiger partial charge in [0, 0.05) is 44.9 Å². The molecule has 1 aliphatic heterocycles. The zero-order valence-corrected chi connectivity index (χ0v) is 13.4. The number of likely N-dealkylation sites (tertiary alicyclic amines) is 1. The third-order valence-electron chi connectivity index (χ3n) is 3.30. The molecule has 1 saturated heterocycles. The molecular formula is C15H26N2O3. The maximum atomic E-state index is 12.1. The summed E-state index contributed by atoms with van der Waals surface area (Å²) >= 11 is 0. The molecular weight excluding hydrogens is 256 g/mol. The second-order valence-corrected chi connectivity index (χ2v) is 6.49. The van der Waals surface area contributed by atoms with Gasteiger partial charge in [-0.1, -0.05) is 0 Å². The van der Waals surface area contributed by atoms with Crippen LogP contribution in [0.25, 0.3) is 0 Å². The summed E-state index contributed by atoms with van der Waals surface area (Å²) in [6.45, 7) is 8.45. The number of hydrogen-bond acceptors (Lipinski definition) is 4. The molecule has 1 aliphatic rings. The Labute approximate surface area is 121 Å². The van der Waals surface area contributed by atoms with Crippen molar-refractivity contribution in [2.24, 2.45) is 5.92 Å². The third-order valence-corrected chi connectivity index (χ3v) is 3.30. The molecule has 1 fully saturated rings. The van der Waals surface area contributed by atoms with Gasteiger partial charge in [0.25, 0.3) is 0 Å². The van der Waals surface area contributed by atoms with Crippen molar-refractivity contribution in [3.05, 3.63) is 11.8 Å². The van der Waals surface area contributed by atoms with Crippen molar-refractivity contribution in [2.45, 2.75) is 39.7 Å². The molecule has 1 heterocycles. The van der Waals surface area contributed by atoms with Crippen LogP contribution in [0.15, 0.2) is 11.8 Å². The summed E-state index contributed by atoms with van der Waals surface area (Å²) in [5.41, 5.74) is 0.423. The number of hydrogen-bond donors (Lipinski definition) is 0. The molecule has 0 spiro atoms. The first-order valence-electron chi connectivity index (χ1n) is 6.97. The molecule has 0 aromatic rings. The fourth-order valence-electron chi connectivity index (χ4n) is 1.94. The number of carbonyl (C=O) groups is 2. The van der Waals surface area contributed by atoms with E-state index in [0.29, 0.717) is 19.5 Å². The Kier molecular flexibility index (Phi) is 5.20. The molecule has 1 amide bonds. The molecule has 0 radical (unpaired) electrons. The highest BCUT2D eigenvalue weighted by molar-refractivity contribution is 5.93. The molecule has 5 heteroatoms. The molecule has 0 saturated carbocycles. The van der Waals surface area contributed by atoms with Crippen LogP contribution in [0.3, 0.4) is 0 Å². The highest BCUT2D eigenvalue weighted by Crippen LogP contribution is 2.21. The van der Waals surface area contributed by atoms with E-state index in [1.165, 1.54) is 0 Å². The molecule has 1 unspecified atom stereocenters. The summed E-state index contributed by atoms with van der Waals surface area (Å²) in [7, 11) is 3.81. The first kappa shape index (κ1) is 16.5. The molecule has 0 bridgehead atoms. The smallest absolute Gasteiger partial charge is 0.410 e. The highest BCUT2D eigenvalue weighted by atomic mass is 16.6. The van der Waals surface area contributed by atoms with Crippen molar-refractivity contribution >= 4 is 11.9 Å². The second-order valence-electron chi connectivity index (χ2n) is 6.49. The van der Waals surface area contributed by atoms with E-state index in [2.05, 4.69) is 0 Å². The van der Waals surface area contributed by atoms with Crippen LogP contribution >= 0.6 is 0 Å². The first-order chi connectivity index (χ1) is 9.10. The van der Waals surface area contributed by atoms with Gasteiger partial charge in [-0.05, 0) is 34.1 Å². The van der Waals surface area contributed by atoms with Gasteiger partial charge in [0.1, 0.15) is 5.60 Å². The Morgan fingerprint density at radius 3 is 2.40 bits per heavy atom. The van der Waals surface area contributed by atoms with E-state index in [4.69, 9.17) is 4.74 Å². The van der Waals surface area contributed by atoms with Crippen LogP contribution in [0.5, 0.6) is 0 Å². The zero-order chi connectivity index (χ0) is 15.5. The van der Waals surface area contributed by atoms with Crippen LogP contribution < -0.4 is 0 Å². The Hall–Kier alpha value is -1.52. The van der Waals surface area contributed by atoms with E-state index < -0.39 is 5.60 Å². The maximum Gasteiger partial charge on any atom is 0.410 e. The van der Waals surface area contributed by atoms with Crippen LogP contribution in [0.1, 0.15) is 34.1 Å². The molecule has 114 valence electrons. The number of ether oxygens (including phenoxy) is 1. The van der Waals surface area contributed by atoms with Crippen LogP contribution in [0.2, 0.25) is 0 Å². The summed E-state index contributed by atoms with van der Waals surface area (Å²) in [6, 6.07) is 0. The summed E-state index contributed by atoms with van der Waals surface area (Å²) in [4.78, 5) is 27.6. The van der Waals surface area contributed by atoms with Crippen molar-refractivity contribution in [3.8, 4) is 0 Å². The van der Waals surface area contributed by atoms with E-state index in [0.717, 1.165) is 5.70 Å². The van der Waals surface area contributed by atoms with Gasteiger partial charge in [-0.2, -0.15) is 0 Å². The summed E-state index contributed by atoms with van der Waals surface area (Å²) < 4.78 is 5.32. The SMILES string of the molecule is CC(=CC(=O)C1CCN(C(=O)OC(C)(C)C)C1)N(C)C. The molecule has 0 aromatic heterocycles. The van der Waals surface area contributed by atoms with Crippen molar-refractivity contribution in [1.29, 1.82) is 0 Å². The normalized spacial score (nSPS) is 20.0. The largest absolute Gasteiger partial charge is 0.444 e. The minimum atomic E-state index is -0.499. The molecule has 20 heavy (non-hydrogen) atoms. The van der Waals surface area contributed by atoms with Crippen molar-refractivity contribution in [3.63, 3.8) is 0 Å². The van der Waals surface area contributed by atoms with Crippen LogP contribution in [-0.2, 0) is 9.53 Å². The maximum absolute atomic E-state index is 12.1. The van der Waals surface area contributed by atoms with Gasteiger partial charge in [-0.25, -0.2) is 4.79 Å². The molecule has 1 rings (SSSR count). The number of carbonyl (C=O) groups excluding carboxylic acids is 2. The van der Waals surface area contributed by atoms with E-state index in [-0.39, 0.29) is 17.8 Å². The van der Waals surface area contributed by atoms with E-state index in [1.807, 2.05) is 46.7 Å². The minimum Gasteiger partial charge on any atom is -0.444 e. The average Bonchev–Trinajstić information content (AvgIpc) is 2.75. The standard InChI is InChI=1S/C15H26N2O3/c1-11(16(5)6)9-13(18)12-7-8-17(10-12)14(19)20-15(2,3)4/h9,12H,7-8,10H2,1-6H3. The van der Waals surface area contributed by atoms with Crippen molar-refractivity contribution < 1.29 is 14.3 Å². The lowest BCUT2D eigenvalue weighted by Crippen LogP contribution is -2.35. The molecule has 1 atom stereocenters. The summed E-state index contributed by atoms with van der Waals surface area (Å²) in [5, 5.41) is 0. The van der Waals surface area contributed by atoms with Crippen molar-refractivity contribution in [2.75, 3.05) is 27.2 Å². The summed E-state index contributed by atoms with van der Waals surface area (Å²) in [6.07, 6.45) is 2.03. The fraction of sp³-hybridized carbons (Fsp3) is 0.733. The van der Waals surface area contributed by atoms with E-state index >= 15 is 0 Å². The van der Waals surface area contributed by atoms with Gasteiger partial charge >= 0.3 is 6.09 Å². The molecule has 0 N–H and O–H groups in total. The third kappa shape index (κ3) is 4.87. The van der Waals surface area contributed by atoms with Crippen LogP contribution in [0, 0.1) is 5.92 Å². The van der Waals surface area contributed by atoms with Gasteiger partial charge in [0.05, 0.1) is 0 Å². The Bertz CT molecular complexity index is 408. The zero-order valence-electron chi connectivity index (χ0n) is 13.4. The van der Waals surface area contributed by atoms with Crippen LogP contribution in [0.4, 0.5) is 4.79 Å². The van der Waals surface area contributed by atoms with Gasteiger partial charge in [0.2, 0.25) is 0 Å². The summed E-state index contributed by atoms with van der Waals surface area (Å²) in [5.74, 6) is -0.0281. The Morgan fingerprint density at radius 1 is 1.30 bits per heavy atom. The molecule has 5 nitrogen and oxygen atoms in total. The van der Waals surface area contributed by atoms with Gasteiger partial charge in [0.15, 0.2) is 5.78 Å². The van der Waals surface area contributed by atoms with Crippen molar-refractivity contribution in [1.82, 2.24) is 9.80 Å². The number of allylic oxidation sites excluding steroid dienone is 2. The predicted octanol–water partition coefficient (Wildman–Crippen LogP) is 2.28. The highest BCUT2D eigenvalue weighted by Gasteiger charge is 2.32. The van der Waals surface area contributed by atoms with Gasteiger partial charge in [-0.15, -0.1) is 0 Å². The topological polar surface area (TPSA) is 49.9 Å². The fourth-order valence-corrected chi connectivity index (χ4v) is 1.94. The number of ketones is 1. The first-order valence-corrected chi connectivity index (χ1v) is 6.97. The minimum absolute atomic E-state index is 0.0854. The second kappa shape index (κ2) is 6.29. The lowest BCUT2D eigenvalue weighted by Gasteiger charge is -2.24. The number of rotatable bonds is 3. The van der Waals surface area contributed by atoms with Gasteiger partial charge in [-0.3, -0.25) is 4.79 Å². The molecule has 0 aromatic carbocycles. The van der Waals surface area contributed by atoms with E-state index in [9.17, 15) is 9.59 Å². The predicted molar refractivity (Wildman–Crippen MR) is 78.4 cm³/mol. The Balaban J connectivity index is 2.57. The average molecular weight is 282 g/mol. The van der Waals surface area contributed by atoms with Crippen LogP contribution in [-0.4, -0.2) is 54.5 Å². The molecule has 0 aliphatic carbocycles.